The first-order valence-corrected chi connectivity index (χ1v) is 10.3. The highest BCUT2D eigenvalue weighted by atomic mass is 35.5. The zero-order valence-corrected chi connectivity index (χ0v) is 18.8. The van der Waals surface area contributed by atoms with E-state index in [-0.39, 0.29) is 12.4 Å². The standard InChI is InChI=1S/C21H17ClF6N4O3/c1-3-31-18(9-33)30-32(20(31)34)16-8-17(35-10(2)21(26,27)28)11(6-15(16)25)14(24)7-12-13(23)4-5-29-19(12)22/h4-8,10,33H,3,9H2,1-2H3/b14-7-/t10-/m0/s1. The Balaban J connectivity index is 2.24. The molecule has 0 amide bonds. The van der Waals surface area contributed by atoms with Crippen molar-refractivity contribution >= 4 is 23.5 Å². The summed E-state index contributed by atoms with van der Waals surface area (Å²) >= 11 is 5.76. The van der Waals surface area contributed by atoms with Gasteiger partial charge in [-0.1, -0.05) is 11.6 Å². The second kappa shape index (κ2) is 10.1. The van der Waals surface area contributed by atoms with E-state index in [4.69, 9.17) is 16.3 Å². The fourth-order valence-electron chi connectivity index (χ4n) is 3.03. The molecule has 2 heterocycles. The van der Waals surface area contributed by atoms with Gasteiger partial charge in [-0.2, -0.15) is 17.9 Å². The number of alkyl halides is 3. The topological polar surface area (TPSA) is 82.2 Å². The van der Waals surface area contributed by atoms with E-state index in [1.54, 1.807) is 6.92 Å². The summed E-state index contributed by atoms with van der Waals surface area (Å²) in [5.41, 5.74) is -2.91. The summed E-state index contributed by atoms with van der Waals surface area (Å²) in [5.74, 6) is -4.60. The van der Waals surface area contributed by atoms with E-state index in [1.165, 1.54) is 0 Å². The van der Waals surface area contributed by atoms with Gasteiger partial charge in [0.2, 0.25) is 0 Å². The Labute approximate surface area is 198 Å². The van der Waals surface area contributed by atoms with Crippen molar-refractivity contribution in [2.24, 2.45) is 0 Å². The number of rotatable bonds is 7. The van der Waals surface area contributed by atoms with Crippen molar-refractivity contribution in [3.05, 3.63) is 68.6 Å². The number of halogens is 7. The van der Waals surface area contributed by atoms with Gasteiger partial charge in [0.25, 0.3) is 0 Å². The first-order valence-electron chi connectivity index (χ1n) is 9.93. The highest BCUT2D eigenvalue weighted by Gasteiger charge is 2.39. The highest BCUT2D eigenvalue weighted by molar-refractivity contribution is 6.31. The Hall–Kier alpha value is -3.32. The maximum atomic E-state index is 15.1. The fraction of sp³-hybridized carbons (Fsp3) is 0.286. The van der Waals surface area contributed by atoms with Crippen LogP contribution in [0.1, 0.15) is 30.8 Å². The summed E-state index contributed by atoms with van der Waals surface area (Å²) in [6.07, 6.45) is -5.82. The molecular weight excluding hydrogens is 506 g/mol. The summed E-state index contributed by atoms with van der Waals surface area (Å²) < 4.78 is 90.0. The molecule has 0 radical (unpaired) electrons. The minimum atomic E-state index is -4.88. The third kappa shape index (κ3) is 5.35. The summed E-state index contributed by atoms with van der Waals surface area (Å²) in [6, 6.07) is 1.99. The average Bonchev–Trinajstić information content (AvgIpc) is 3.11. The van der Waals surface area contributed by atoms with Gasteiger partial charge in [0.15, 0.2) is 11.9 Å². The minimum Gasteiger partial charge on any atom is -0.480 e. The minimum absolute atomic E-state index is 0.0533. The molecule has 0 aliphatic heterocycles. The summed E-state index contributed by atoms with van der Waals surface area (Å²) in [7, 11) is 0. The number of hydrogen-bond donors (Lipinski definition) is 1. The van der Waals surface area contributed by atoms with Gasteiger partial charge in [0.05, 0.1) is 11.1 Å². The third-order valence-corrected chi connectivity index (χ3v) is 5.16. The van der Waals surface area contributed by atoms with Crippen molar-refractivity contribution in [1.29, 1.82) is 0 Å². The van der Waals surface area contributed by atoms with Gasteiger partial charge in [-0.15, -0.1) is 5.10 Å². The molecule has 0 aliphatic carbocycles. The van der Waals surface area contributed by atoms with E-state index >= 15 is 8.78 Å². The van der Waals surface area contributed by atoms with Crippen LogP contribution in [0.2, 0.25) is 5.15 Å². The lowest BCUT2D eigenvalue weighted by molar-refractivity contribution is -0.189. The van der Waals surface area contributed by atoms with Gasteiger partial charge >= 0.3 is 11.9 Å². The molecule has 1 atom stereocenters. The predicted octanol–water partition coefficient (Wildman–Crippen LogP) is 4.67. The van der Waals surface area contributed by atoms with Crippen LogP contribution in [0.3, 0.4) is 0 Å². The van der Waals surface area contributed by atoms with E-state index in [0.29, 0.717) is 29.8 Å². The molecule has 35 heavy (non-hydrogen) atoms. The summed E-state index contributed by atoms with van der Waals surface area (Å²) in [6.45, 7) is 1.55. The van der Waals surface area contributed by atoms with Crippen molar-refractivity contribution in [2.75, 3.05) is 0 Å². The van der Waals surface area contributed by atoms with Crippen LogP contribution in [-0.2, 0) is 13.2 Å². The molecule has 0 spiro atoms. The summed E-state index contributed by atoms with van der Waals surface area (Å²) in [5, 5.41) is 12.7. The second-order valence-electron chi connectivity index (χ2n) is 7.10. The monoisotopic (exact) mass is 522 g/mol. The van der Waals surface area contributed by atoms with Gasteiger partial charge in [-0.25, -0.2) is 22.9 Å². The van der Waals surface area contributed by atoms with E-state index in [0.717, 1.165) is 16.8 Å². The summed E-state index contributed by atoms with van der Waals surface area (Å²) in [4.78, 5) is 16.2. The molecule has 3 rings (SSSR count). The van der Waals surface area contributed by atoms with Crippen molar-refractivity contribution in [3.8, 4) is 11.4 Å². The van der Waals surface area contributed by atoms with Crippen LogP contribution in [0, 0.1) is 11.6 Å². The molecule has 0 aliphatic rings. The van der Waals surface area contributed by atoms with Crippen LogP contribution in [0.4, 0.5) is 26.3 Å². The predicted molar refractivity (Wildman–Crippen MR) is 114 cm³/mol. The second-order valence-corrected chi connectivity index (χ2v) is 7.46. The van der Waals surface area contributed by atoms with Gasteiger partial charge in [-0.05, 0) is 32.1 Å². The molecule has 188 valence electrons. The van der Waals surface area contributed by atoms with Crippen LogP contribution >= 0.6 is 11.6 Å². The SMILES string of the molecule is CCn1c(CO)nn(-c2cc(O[C@@H](C)C(F)(F)F)c(/C(F)=C/c3c(F)ccnc3Cl)cc2F)c1=O. The third-order valence-electron chi connectivity index (χ3n) is 4.86. The molecule has 1 aromatic carbocycles. The van der Waals surface area contributed by atoms with Crippen molar-refractivity contribution < 1.29 is 36.2 Å². The molecule has 0 bridgehead atoms. The fourth-order valence-corrected chi connectivity index (χ4v) is 3.24. The van der Waals surface area contributed by atoms with Gasteiger partial charge in [0.1, 0.15) is 40.7 Å². The quantitative estimate of drug-likeness (QED) is 0.360. The van der Waals surface area contributed by atoms with Crippen LogP contribution in [-0.4, -0.2) is 36.7 Å². The maximum Gasteiger partial charge on any atom is 0.425 e. The van der Waals surface area contributed by atoms with Crippen molar-refractivity contribution in [1.82, 2.24) is 19.3 Å². The number of nitrogens with zero attached hydrogens (tertiary/aromatic N) is 4. The van der Waals surface area contributed by atoms with Gasteiger partial charge in [-0.3, -0.25) is 4.57 Å². The van der Waals surface area contributed by atoms with E-state index in [1.807, 2.05) is 0 Å². The Bertz CT molecular complexity index is 1320. The van der Waals surface area contributed by atoms with E-state index in [9.17, 15) is 27.5 Å². The largest absolute Gasteiger partial charge is 0.480 e. The van der Waals surface area contributed by atoms with Crippen LogP contribution in [0.25, 0.3) is 17.6 Å². The van der Waals surface area contributed by atoms with E-state index in [2.05, 4.69) is 10.1 Å². The Kier molecular flexibility index (Phi) is 7.60. The molecular formula is C21H17ClF6N4O3. The number of hydrogen-bond acceptors (Lipinski definition) is 5. The molecule has 1 N–H and O–H groups in total. The van der Waals surface area contributed by atoms with Gasteiger partial charge in [0, 0.05) is 18.8 Å². The first-order chi connectivity index (χ1) is 16.4. The van der Waals surface area contributed by atoms with Crippen molar-refractivity contribution in [2.45, 2.75) is 39.3 Å². The Morgan fingerprint density at radius 2 is 1.97 bits per heavy atom. The normalized spacial score (nSPS) is 13.3. The molecule has 0 fully saturated rings. The van der Waals surface area contributed by atoms with Crippen LogP contribution in [0.5, 0.6) is 5.75 Å². The lowest BCUT2D eigenvalue weighted by Crippen LogP contribution is -2.31. The number of aliphatic hydroxyl groups is 1. The van der Waals surface area contributed by atoms with Crippen LogP contribution < -0.4 is 10.4 Å². The molecule has 0 saturated carbocycles. The zero-order chi connectivity index (χ0) is 26.1. The number of ether oxygens (including phenoxy) is 1. The Morgan fingerprint density at radius 1 is 1.29 bits per heavy atom. The number of benzene rings is 1. The lowest BCUT2D eigenvalue weighted by Gasteiger charge is -2.20. The number of aromatic nitrogens is 4. The molecule has 0 unspecified atom stereocenters. The molecule has 0 saturated heterocycles. The molecule has 7 nitrogen and oxygen atoms in total. The van der Waals surface area contributed by atoms with Crippen LogP contribution in [0.15, 0.2) is 29.2 Å². The van der Waals surface area contributed by atoms with Gasteiger partial charge < -0.3 is 9.84 Å². The first kappa shape index (κ1) is 26.3. The van der Waals surface area contributed by atoms with Crippen molar-refractivity contribution in [3.63, 3.8) is 0 Å². The average molecular weight is 523 g/mol. The molecule has 3 aromatic rings. The molecule has 2 aromatic heterocycles. The molecule has 14 heteroatoms. The zero-order valence-electron chi connectivity index (χ0n) is 18.1. The smallest absolute Gasteiger partial charge is 0.425 e. The highest BCUT2D eigenvalue weighted by Crippen LogP contribution is 2.36. The van der Waals surface area contributed by atoms with E-state index < -0.39 is 69.8 Å². The number of pyridine rings is 1. The maximum absolute atomic E-state index is 15.1. The Morgan fingerprint density at radius 3 is 2.51 bits per heavy atom. The lowest BCUT2D eigenvalue weighted by atomic mass is 10.1. The number of aliphatic hydroxyl groups excluding tert-OH is 1.